The second kappa shape index (κ2) is 17.6. The van der Waals surface area contributed by atoms with Crippen molar-refractivity contribution in [1.82, 2.24) is 14.3 Å². The lowest BCUT2D eigenvalue weighted by Crippen LogP contribution is -2.16. The zero-order chi connectivity index (χ0) is 25.2. The highest BCUT2D eigenvalue weighted by Crippen LogP contribution is 2.22. The SMILES string of the molecule is CC.CO.COc1ccc(CN(Cc2ccc(OC)cc2)SCCc2cnc(OC)cn2)cc1. The number of rotatable bonds is 11. The van der Waals surface area contributed by atoms with Crippen LogP contribution in [0.25, 0.3) is 0 Å². The zero-order valence-corrected chi connectivity index (χ0v) is 21.8. The molecule has 3 aromatic rings. The Morgan fingerprint density at radius 1 is 0.735 bits per heavy atom. The zero-order valence-electron chi connectivity index (χ0n) is 21.0. The van der Waals surface area contributed by atoms with Gasteiger partial charge in [0, 0.05) is 32.4 Å². The summed E-state index contributed by atoms with van der Waals surface area (Å²) in [5.41, 5.74) is 3.43. The Kier molecular flexibility index (Phi) is 15.2. The monoisotopic (exact) mass is 487 g/mol. The smallest absolute Gasteiger partial charge is 0.231 e. The number of hydrogen-bond donors (Lipinski definition) is 1. The minimum Gasteiger partial charge on any atom is -0.497 e. The molecule has 0 aliphatic carbocycles. The van der Waals surface area contributed by atoms with Crippen LogP contribution in [0.3, 0.4) is 0 Å². The Bertz CT molecular complexity index is 842. The average Bonchev–Trinajstić information content (AvgIpc) is 2.92. The molecule has 2 aromatic carbocycles. The molecule has 0 saturated carbocycles. The average molecular weight is 488 g/mol. The second-order valence-electron chi connectivity index (χ2n) is 6.63. The van der Waals surface area contributed by atoms with E-state index >= 15 is 0 Å². The Labute approximate surface area is 208 Å². The maximum absolute atomic E-state index is 7.00. The highest BCUT2D eigenvalue weighted by atomic mass is 32.2. The normalized spacial score (nSPS) is 9.88. The molecule has 186 valence electrons. The molecule has 0 atom stereocenters. The van der Waals surface area contributed by atoms with Gasteiger partial charge in [-0.3, -0.25) is 4.98 Å². The van der Waals surface area contributed by atoms with Crippen LogP contribution >= 0.6 is 11.9 Å². The second-order valence-corrected chi connectivity index (χ2v) is 7.81. The van der Waals surface area contributed by atoms with Crippen molar-refractivity contribution in [2.75, 3.05) is 34.2 Å². The molecule has 0 saturated heterocycles. The predicted molar refractivity (Wildman–Crippen MR) is 139 cm³/mol. The molecule has 0 unspecified atom stereocenters. The standard InChI is InChI=1S/C23H27N3O3S.C2H6.CH4O/c1-27-21-8-4-18(5-9-21)16-26(17-19-6-10-22(28-2)11-7-19)30-13-12-20-14-25-23(29-3)15-24-20;2*1-2/h4-11,14-15H,12-13,16-17H2,1-3H3;1-2H3;2H,1H3. The van der Waals surface area contributed by atoms with E-state index in [0.29, 0.717) is 5.88 Å². The van der Waals surface area contributed by atoms with Gasteiger partial charge in [0.1, 0.15) is 11.5 Å². The van der Waals surface area contributed by atoms with E-state index in [1.807, 2.05) is 50.1 Å². The summed E-state index contributed by atoms with van der Waals surface area (Å²) in [6.45, 7) is 5.66. The summed E-state index contributed by atoms with van der Waals surface area (Å²) in [6, 6.07) is 16.4. The number of ether oxygens (including phenoxy) is 3. The number of methoxy groups -OCH3 is 3. The van der Waals surface area contributed by atoms with Crippen LogP contribution in [0.2, 0.25) is 0 Å². The van der Waals surface area contributed by atoms with E-state index in [0.717, 1.165) is 49.6 Å². The molecule has 7 nitrogen and oxygen atoms in total. The third-order valence-electron chi connectivity index (χ3n) is 4.56. The number of hydrogen-bond acceptors (Lipinski definition) is 8. The van der Waals surface area contributed by atoms with Crippen LogP contribution in [0.5, 0.6) is 17.4 Å². The van der Waals surface area contributed by atoms with Crippen LogP contribution in [0.15, 0.2) is 60.9 Å². The molecular weight excluding hydrogens is 450 g/mol. The third-order valence-corrected chi connectivity index (χ3v) is 5.57. The molecule has 8 heteroatoms. The lowest BCUT2D eigenvalue weighted by atomic mass is 10.2. The molecule has 0 spiro atoms. The summed E-state index contributed by atoms with van der Waals surface area (Å²) in [5, 5.41) is 7.00. The number of aromatic nitrogens is 2. The van der Waals surface area contributed by atoms with Gasteiger partial charge in [-0.1, -0.05) is 50.1 Å². The molecule has 3 rings (SSSR count). The maximum Gasteiger partial charge on any atom is 0.231 e. The number of nitrogens with zero attached hydrogens (tertiary/aromatic N) is 3. The molecule has 1 aromatic heterocycles. The van der Waals surface area contributed by atoms with Crippen molar-refractivity contribution in [2.45, 2.75) is 33.4 Å². The first-order chi connectivity index (χ1) is 16.7. The molecule has 1 heterocycles. The van der Waals surface area contributed by atoms with Crippen molar-refractivity contribution >= 4 is 11.9 Å². The molecule has 0 amide bonds. The van der Waals surface area contributed by atoms with Gasteiger partial charge in [-0.2, -0.15) is 0 Å². The molecule has 0 aliphatic rings. The summed E-state index contributed by atoms with van der Waals surface area (Å²) in [4.78, 5) is 8.64. The first kappa shape index (κ1) is 29.2. The van der Waals surface area contributed by atoms with Gasteiger partial charge < -0.3 is 19.3 Å². The summed E-state index contributed by atoms with van der Waals surface area (Å²) in [7, 11) is 5.96. The predicted octanol–water partition coefficient (Wildman–Crippen LogP) is 5.03. The number of aryl methyl sites for hydroxylation is 1. The van der Waals surface area contributed by atoms with E-state index in [1.54, 1.807) is 33.7 Å². The molecule has 0 bridgehead atoms. The third kappa shape index (κ3) is 10.4. The Morgan fingerprint density at radius 3 is 1.62 bits per heavy atom. The van der Waals surface area contributed by atoms with Crippen LogP contribution in [0.1, 0.15) is 30.7 Å². The fraction of sp³-hybridized carbons (Fsp3) is 0.385. The molecule has 0 fully saturated rings. The van der Waals surface area contributed by atoms with Crippen molar-refractivity contribution in [3.05, 3.63) is 77.7 Å². The molecule has 1 N–H and O–H groups in total. The van der Waals surface area contributed by atoms with Crippen molar-refractivity contribution < 1.29 is 19.3 Å². The van der Waals surface area contributed by atoms with E-state index in [9.17, 15) is 0 Å². The summed E-state index contributed by atoms with van der Waals surface area (Å²) < 4.78 is 18.0. The van der Waals surface area contributed by atoms with E-state index in [4.69, 9.17) is 19.3 Å². The number of benzene rings is 2. The quantitative estimate of drug-likeness (QED) is 0.378. The Hall–Kier alpha value is -2.81. The van der Waals surface area contributed by atoms with Gasteiger partial charge >= 0.3 is 0 Å². The summed E-state index contributed by atoms with van der Waals surface area (Å²) in [6.07, 6.45) is 4.27. The van der Waals surface area contributed by atoms with Crippen molar-refractivity contribution in [1.29, 1.82) is 0 Å². The molecule has 0 radical (unpaired) electrons. The highest BCUT2D eigenvalue weighted by Gasteiger charge is 2.10. The van der Waals surface area contributed by atoms with Gasteiger partial charge in [-0.25, -0.2) is 9.29 Å². The van der Waals surface area contributed by atoms with E-state index in [1.165, 1.54) is 11.1 Å². The van der Waals surface area contributed by atoms with E-state index in [2.05, 4.69) is 38.5 Å². The van der Waals surface area contributed by atoms with E-state index < -0.39 is 0 Å². The lowest BCUT2D eigenvalue weighted by Gasteiger charge is -2.22. The van der Waals surface area contributed by atoms with Gasteiger partial charge in [0.2, 0.25) is 5.88 Å². The minimum absolute atomic E-state index is 0.534. The van der Waals surface area contributed by atoms with Gasteiger partial charge in [0.05, 0.1) is 39.4 Å². The molecule has 34 heavy (non-hydrogen) atoms. The molecule has 0 aliphatic heterocycles. The largest absolute Gasteiger partial charge is 0.497 e. The van der Waals surface area contributed by atoms with Crippen LogP contribution in [0, 0.1) is 0 Å². The number of aliphatic hydroxyl groups excluding tert-OH is 1. The van der Waals surface area contributed by atoms with Crippen LogP contribution in [-0.4, -0.2) is 53.6 Å². The van der Waals surface area contributed by atoms with Crippen molar-refractivity contribution in [3.63, 3.8) is 0 Å². The number of aliphatic hydroxyl groups is 1. The first-order valence-corrected chi connectivity index (χ1v) is 12.1. The van der Waals surface area contributed by atoms with Gasteiger partial charge in [-0.05, 0) is 35.4 Å². The highest BCUT2D eigenvalue weighted by molar-refractivity contribution is 7.96. The maximum atomic E-state index is 7.00. The minimum atomic E-state index is 0.534. The first-order valence-electron chi connectivity index (χ1n) is 11.1. The van der Waals surface area contributed by atoms with Gasteiger partial charge in [-0.15, -0.1) is 0 Å². The lowest BCUT2D eigenvalue weighted by molar-refractivity contribution is 0.395. The van der Waals surface area contributed by atoms with Crippen LogP contribution in [-0.2, 0) is 19.5 Å². The van der Waals surface area contributed by atoms with Crippen molar-refractivity contribution in [2.24, 2.45) is 0 Å². The topological polar surface area (TPSA) is 76.9 Å². The van der Waals surface area contributed by atoms with Gasteiger partial charge in [0.25, 0.3) is 0 Å². The fourth-order valence-electron chi connectivity index (χ4n) is 2.87. The van der Waals surface area contributed by atoms with E-state index in [-0.39, 0.29) is 0 Å². The fourth-order valence-corrected chi connectivity index (χ4v) is 3.91. The Morgan fingerprint density at radius 2 is 1.24 bits per heavy atom. The van der Waals surface area contributed by atoms with Crippen molar-refractivity contribution in [3.8, 4) is 17.4 Å². The summed E-state index contributed by atoms with van der Waals surface area (Å²) >= 11 is 1.81. The van der Waals surface area contributed by atoms with Crippen LogP contribution < -0.4 is 14.2 Å². The Balaban J connectivity index is 0.00000137. The van der Waals surface area contributed by atoms with Crippen LogP contribution in [0.4, 0.5) is 0 Å². The summed E-state index contributed by atoms with van der Waals surface area (Å²) in [5.74, 6) is 3.18. The molecular formula is C26H37N3O4S. The van der Waals surface area contributed by atoms with Gasteiger partial charge in [0.15, 0.2) is 0 Å².